The smallest absolute Gasteiger partial charge is 0.171 e. The van der Waals surface area contributed by atoms with Gasteiger partial charge < -0.3 is 10.1 Å². The highest BCUT2D eigenvalue weighted by Crippen LogP contribution is 2.31. The van der Waals surface area contributed by atoms with Crippen molar-refractivity contribution in [2.45, 2.75) is 26.2 Å². The number of aryl methyl sites for hydroxylation is 1. The van der Waals surface area contributed by atoms with Crippen molar-refractivity contribution >= 4 is 45.1 Å². The minimum absolute atomic E-state index is 0.423. The molecule has 1 aromatic carbocycles. The van der Waals surface area contributed by atoms with Crippen LogP contribution in [-0.2, 0) is 24.1 Å². The molecule has 0 saturated carbocycles. The molecule has 0 bridgehead atoms. The van der Waals surface area contributed by atoms with Crippen LogP contribution >= 0.6 is 27.3 Å². The maximum atomic E-state index is 10.7. The van der Waals surface area contributed by atoms with E-state index in [-0.39, 0.29) is 0 Å². The minimum atomic E-state index is 0.423. The van der Waals surface area contributed by atoms with Crippen LogP contribution in [0.5, 0.6) is 0 Å². The number of carbonyl (C=O) groups excluding carboxylic acids is 1. The van der Waals surface area contributed by atoms with Gasteiger partial charge in [0.25, 0.3) is 0 Å². The van der Waals surface area contributed by atoms with E-state index in [1.54, 1.807) is 11.3 Å². The van der Waals surface area contributed by atoms with Gasteiger partial charge >= 0.3 is 0 Å². The summed E-state index contributed by atoms with van der Waals surface area (Å²) in [6.07, 6.45) is 4.72. The van der Waals surface area contributed by atoms with Crippen molar-refractivity contribution in [3.8, 4) is 10.7 Å². The van der Waals surface area contributed by atoms with Gasteiger partial charge in [-0.15, -0.1) is 17.9 Å². The molecule has 0 aliphatic rings. The molecule has 0 aliphatic carbocycles. The van der Waals surface area contributed by atoms with Crippen molar-refractivity contribution in [1.29, 1.82) is 0 Å². The number of aromatic nitrogens is 2. The van der Waals surface area contributed by atoms with Gasteiger partial charge in [0.15, 0.2) is 5.82 Å². The monoisotopic (exact) mass is 441 g/mol. The molecular weight excluding hydrogens is 422 g/mol. The van der Waals surface area contributed by atoms with Crippen molar-refractivity contribution < 1.29 is 4.79 Å². The average Bonchev–Trinajstić information content (AvgIpc) is 3.11. The van der Waals surface area contributed by atoms with E-state index in [1.807, 2.05) is 41.8 Å². The van der Waals surface area contributed by atoms with Gasteiger partial charge in [0.05, 0.1) is 4.88 Å². The molecule has 6 heteroatoms. The van der Waals surface area contributed by atoms with Crippen LogP contribution in [0.25, 0.3) is 10.7 Å². The minimum Gasteiger partial charge on any atom is -0.340 e. The van der Waals surface area contributed by atoms with E-state index in [1.165, 1.54) is 0 Å². The Kier molecular flexibility index (Phi) is 6.53. The first-order valence-corrected chi connectivity index (χ1v) is 10.4. The van der Waals surface area contributed by atoms with Crippen molar-refractivity contribution in [2.24, 2.45) is 0 Å². The lowest BCUT2D eigenvalue weighted by Gasteiger charge is -2.15. The zero-order valence-corrected chi connectivity index (χ0v) is 17.4. The summed E-state index contributed by atoms with van der Waals surface area (Å²) >= 11 is 5.11. The van der Waals surface area contributed by atoms with Crippen molar-refractivity contribution in [3.05, 3.63) is 69.7 Å². The highest BCUT2D eigenvalue weighted by Gasteiger charge is 2.15. The number of rotatable bonds is 8. The summed E-state index contributed by atoms with van der Waals surface area (Å²) in [6.45, 7) is 5.97. The number of hydrogen-bond acceptors (Lipinski definition) is 5. The zero-order chi connectivity index (χ0) is 19.2. The maximum Gasteiger partial charge on any atom is 0.171 e. The van der Waals surface area contributed by atoms with Crippen LogP contribution in [0, 0.1) is 0 Å². The molecule has 0 spiro atoms. The number of benzene rings is 1. The summed E-state index contributed by atoms with van der Waals surface area (Å²) in [5.74, 6) is 1.51. The lowest BCUT2D eigenvalue weighted by atomic mass is 10.1. The standard InChI is InChI=1S/C21H20BrN3OS/c1-3-5-17-18(4-2)24-21(19-12-15(22)13-27-19)25-20(17)23-16-8-6-14(7-9-16)10-11-26/h3,6-9,11-13H,1,4-5,10H2,2H3,(H,23,24,25). The number of nitrogens with zero attached hydrogens (tertiary/aromatic N) is 2. The second-order valence-electron chi connectivity index (χ2n) is 5.99. The summed E-state index contributed by atoms with van der Waals surface area (Å²) in [5.41, 5.74) is 3.99. The van der Waals surface area contributed by atoms with Crippen LogP contribution in [0.2, 0.25) is 0 Å². The third-order valence-electron chi connectivity index (χ3n) is 4.10. The molecule has 0 saturated heterocycles. The number of halogens is 1. The first-order valence-electron chi connectivity index (χ1n) is 8.69. The van der Waals surface area contributed by atoms with Crippen LogP contribution in [-0.4, -0.2) is 16.3 Å². The Balaban J connectivity index is 2.02. The molecule has 3 rings (SSSR count). The summed E-state index contributed by atoms with van der Waals surface area (Å²) in [5, 5.41) is 5.45. The molecule has 0 fully saturated rings. The molecule has 2 aromatic heterocycles. The molecule has 4 nitrogen and oxygen atoms in total. The van der Waals surface area contributed by atoms with E-state index in [0.29, 0.717) is 12.8 Å². The van der Waals surface area contributed by atoms with Crippen LogP contribution in [0.4, 0.5) is 11.5 Å². The second-order valence-corrected chi connectivity index (χ2v) is 7.82. The van der Waals surface area contributed by atoms with Crippen LogP contribution in [0.1, 0.15) is 23.7 Å². The fraction of sp³-hybridized carbons (Fsp3) is 0.190. The van der Waals surface area contributed by atoms with E-state index >= 15 is 0 Å². The number of anilines is 2. The molecule has 0 atom stereocenters. The molecule has 3 aromatic rings. The Hall–Kier alpha value is -2.31. The van der Waals surface area contributed by atoms with Gasteiger partial charge in [-0.3, -0.25) is 0 Å². The Morgan fingerprint density at radius 3 is 2.59 bits per heavy atom. The third kappa shape index (κ3) is 4.70. The van der Waals surface area contributed by atoms with E-state index < -0.39 is 0 Å². The third-order valence-corrected chi connectivity index (χ3v) is 5.79. The first-order chi connectivity index (χ1) is 13.1. The summed E-state index contributed by atoms with van der Waals surface area (Å²) in [7, 11) is 0. The Morgan fingerprint density at radius 1 is 1.22 bits per heavy atom. The highest BCUT2D eigenvalue weighted by molar-refractivity contribution is 9.10. The Morgan fingerprint density at radius 2 is 2.00 bits per heavy atom. The van der Waals surface area contributed by atoms with Crippen molar-refractivity contribution in [1.82, 2.24) is 9.97 Å². The average molecular weight is 442 g/mol. The molecule has 0 radical (unpaired) electrons. The fourth-order valence-electron chi connectivity index (χ4n) is 2.78. The molecule has 2 heterocycles. The van der Waals surface area contributed by atoms with Gasteiger partial charge in [0, 0.05) is 33.2 Å². The molecule has 138 valence electrons. The summed E-state index contributed by atoms with van der Waals surface area (Å²) in [6, 6.07) is 9.86. The topological polar surface area (TPSA) is 54.9 Å². The van der Waals surface area contributed by atoms with Crippen LogP contribution in [0.3, 0.4) is 0 Å². The summed E-state index contributed by atoms with van der Waals surface area (Å²) < 4.78 is 1.03. The number of aldehydes is 1. The SMILES string of the molecule is C=CCc1c(CC)nc(-c2cc(Br)cs2)nc1Nc1ccc(CC=O)cc1. The molecule has 0 amide bonds. The van der Waals surface area contributed by atoms with Gasteiger partial charge in [-0.25, -0.2) is 9.97 Å². The predicted molar refractivity (Wildman–Crippen MR) is 116 cm³/mol. The fourth-order valence-corrected chi connectivity index (χ4v) is 4.14. The van der Waals surface area contributed by atoms with Crippen molar-refractivity contribution in [3.63, 3.8) is 0 Å². The van der Waals surface area contributed by atoms with Crippen LogP contribution < -0.4 is 5.32 Å². The molecule has 0 aliphatic heterocycles. The number of hydrogen-bond donors (Lipinski definition) is 1. The number of carbonyl (C=O) groups is 1. The van der Waals surface area contributed by atoms with Gasteiger partial charge in [-0.1, -0.05) is 25.1 Å². The number of allylic oxidation sites excluding steroid dienone is 1. The van der Waals surface area contributed by atoms with Crippen LogP contribution in [0.15, 0.2) is 52.8 Å². The predicted octanol–water partition coefficient (Wildman–Crippen LogP) is 5.74. The number of nitrogens with one attached hydrogen (secondary N) is 1. The van der Waals surface area contributed by atoms with Gasteiger partial charge in [0.2, 0.25) is 0 Å². The Labute approximate surface area is 171 Å². The van der Waals surface area contributed by atoms with E-state index in [2.05, 4.69) is 34.7 Å². The highest BCUT2D eigenvalue weighted by atomic mass is 79.9. The second kappa shape index (κ2) is 9.06. The molecular formula is C21H20BrN3OS. The largest absolute Gasteiger partial charge is 0.340 e. The molecule has 0 unspecified atom stereocenters. The number of thiophene rings is 1. The van der Waals surface area contributed by atoms with Gasteiger partial charge in [0.1, 0.15) is 12.1 Å². The molecule has 27 heavy (non-hydrogen) atoms. The maximum absolute atomic E-state index is 10.7. The molecule has 1 N–H and O–H groups in total. The van der Waals surface area contributed by atoms with E-state index in [0.717, 1.165) is 56.2 Å². The quantitative estimate of drug-likeness (QED) is 0.357. The van der Waals surface area contributed by atoms with E-state index in [4.69, 9.17) is 9.97 Å². The Bertz CT molecular complexity index is 951. The lowest BCUT2D eigenvalue weighted by molar-refractivity contribution is -0.107. The summed E-state index contributed by atoms with van der Waals surface area (Å²) in [4.78, 5) is 21.3. The van der Waals surface area contributed by atoms with Gasteiger partial charge in [-0.05, 0) is 52.5 Å². The van der Waals surface area contributed by atoms with Crippen molar-refractivity contribution in [2.75, 3.05) is 5.32 Å². The normalized spacial score (nSPS) is 10.6. The van der Waals surface area contributed by atoms with Gasteiger partial charge in [-0.2, -0.15) is 0 Å². The lowest BCUT2D eigenvalue weighted by Crippen LogP contribution is -2.07. The van der Waals surface area contributed by atoms with E-state index in [9.17, 15) is 4.79 Å². The first kappa shape index (κ1) is 19.5. The zero-order valence-electron chi connectivity index (χ0n) is 15.0.